The molecule has 2 N–H and O–H groups in total. The van der Waals surface area contributed by atoms with Gasteiger partial charge in [0.05, 0.1) is 0 Å². The lowest BCUT2D eigenvalue weighted by atomic mass is 10.3. The molecule has 0 bridgehead atoms. The van der Waals surface area contributed by atoms with Crippen LogP contribution in [0.15, 0.2) is 0 Å². The molecule has 0 aromatic rings. The van der Waals surface area contributed by atoms with Gasteiger partial charge in [0.1, 0.15) is 6.23 Å². The predicted octanol–water partition coefficient (Wildman–Crippen LogP) is 0.193. The summed E-state index contributed by atoms with van der Waals surface area (Å²) < 4.78 is 0. The molecule has 0 aliphatic heterocycles. The van der Waals surface area contributed by atoms with E-state index in [2.05, 4.69) is 24.0 Å². The highest BCUT2D eigenvalue weighted by Crippen LogP contribution is 2.02. The third-order valence-corrected chi connectivity index (χ3v) is 1.66. The fraction of sp³-hybridized carbons (Fsp3) is 0.667. The minimum Gasteiger partial charge on any atom is -0.372 e. The molecular formula is C6H11NOS. The van der Waals surface area contributed by atoms with E-state index in [1.807, 2.05) is 6.92 Å². The van der Waals surface area contributed by atoms with Gasteiger partial charge in [-0.25, -0.2) is 0 Å². The van der Waals surface area contributed by atoms with Gasteiger partial charge in [0, 0.05) is 11.3 Å². The average Bonchev–Trinajstić information content (AvgIpc) is 1.87. The zero-order chi connectivity index (χ0) is 7.28. The number of nitrogens with one attached hydrogen (secondary N) is 1. The van der Waals surface area contributed by atoms with Crippen LogP contribution in [0.25, 0.3) is 0 Å². The van der Waals surface area contributed by atoms with E-state index < -0.39 is 6.23 Å². The molecule has 0 heterocycles. The number of hydrogen-bond acceptors (Lipinski definition) is 3. The van der Waals surface area contributed by atoms with Crippen LogP contribution in [0, 0.1) is 12.5 Å². The number of thiol groups is 1. The van der Waals surface area contributed by atoms with Crippen molar-refractivity contribution in [2.24, 2.45) is 0 Å². The maximum Gasteiger partial charge on any atom is 0.142 e. The normalized spacial score (nSPS) is 15.8. The fourth-order valence-corrected chi connectivity index (χ4v) is 0.479. The van der Waals surface area contributed by atoms with Crippen LogP contribution in [0.5, 0.6) is 0 Å². The van der Waals surface area contributed by atoms with Crippen LogP contribution in [-0.4, -0.2) is 16.6 Å². The van der Waals surface area contributed by atoms with E-state index in [0.29, 0.717) is 0 Å². The first kappa shape index (κ1) is 8.67. The Labute approximate surface area is 61.1 Å². The monoisotopic (exact) mass is 145 g/mol. The Balaban J connectivity index is 3.48. The highest BCUT2D eigenvalue weighted by atomic mass is 32.1. The highest BCUT2D eigenvalue weighted by molar-refractivity contribution is 7.81. The Morgan fingerprint density at radius 2 is 2.44 bits per heavy atom. The van der Waals surface area contributed by atoms with Crippen molar-refractivity contribution in [2.75, 3.05) is 0 Å². The van der Waals surface area contributed by atoms with Gasteiger partial charge in [-0.2, -0.15) is 12.6 Å². The number of aliphatic hydroxyl groups excluding tert-OH is 1. The Kier molecular flexibility index (Phi) is 4.37. The lowest BCUT2D eigenvalue weighted by Gasteiger charge is -2.13. The molecule has 9 heavy (non-hydrogen) atoms. The lowest BCUT2D eigenvalue weighted by molar-refractivity contribution is 0.152. The number of hydrogen-bond donors (Lipinski definition) is 3. The Morgan fingerprint density at radius 3 is 2.78 bits per heavy atom. The van der Waals surface area contributed by atoms with E-state index in [1.165, 1.54) is 0 Å². The number of rotatable bonds is 3. The molecule has 3 heteroatoms. The van der Waals surface area contributed by atoms with Gasteiger partial charge in [0.25, 0.3) is 0 Å². The zero-order valence-electron chi connectivity index (χ0n) is 5.33. The summed E-state index contributed by atoms with van der Waals surface area (Å²) in [4.78, 5) is 0. The van der Waals surface area contributed by atoms with Crippen LogP contribution in [0.1, 0.15) is 13.3 Å². The van der Waals surface area contributed by atoms with Gasteiger partial charge in [-0.3, -0.25) is 0 Å². The minimum absolute atomic E-state index is 0.0824. The molecule has 0 fully saturated rings. The number of terminal acetylenes is 1. The lowest BCUT2D eigenvalue weighted by Crippen LogP contribution is -2.33. The quantitative estimate of drug-likeness (QED) is 0.229. The van der Waals surface area contributed by atoms with Gasteiger partial charge < -0.3 is 10.4 Å². The molecule has 0 aliphatic rings. The van der Waals surface area contributed by atoms with Crippen molar-refractivity contribution in [1.29, 1.82) is 0 Å². The molecule has 0 aromatic carbocycles. The van der Waals surface area contributed by atoms with Gasteiger partial charge in [-0.05, 0) is 6.42 Å². The van der Waals surface area contributed by atoms with Crippen LogP contribution in [0.3, 0.4) is 0 Å². The standard InChI is InChI=1S/C6H11NOS/c1-3-5(9)6(8)7-4-2/h2,5-9H,3H2,1H3/t5-,6?/m1/s1. The molecule has 0 aliphatic carbocycles. The first-order valence-corrected chi connectivity index (χ1v) is 3.31. The summed E-state index contributed by atoms with van der Waals surface area (Å²) in [7, 11) is 0. The molecular weight excluding hydrogens is 134 g/mol. The van der Waals surface area contributed by atoms with Crippen molar-refractivity contribution in [1.82, 2.24) is 5.32 Å². The second kappa shape index (κ2) is 4.54. The van der Waals surface area contributed by atoms with Crippen LogP contribution < -0.4 is 5.32 Å². The van der Waals surface area contributed by atoms with Crippen LogP contribution >= 0.6 is 12.6 Å². The van der Waals surface area contributed by atoms with Gasteiger partial charge in [0.15, 0.2) is 0 Å². The van der Waals surface area contributed by atoms with Crippen molar-refractivity contribution in [3.8, 4) is 12.5 Å². The largest absolute Gasteiger partial charge is 0.372 e. The summed E-state index contributed by atoms with van der Waals surface area (Å²) in [6, 6.07) is 2.13. The highest BCUT2D eigenvalue weighted by Gasteiger charge is 2.09. The van der Waals surface area contributed by atoms with Crippen molar-refractivity contribution in [3.05, 3.63) is 0 Å². The zero-order valence-corrected chi connectivity index (χ0v) is 6.23. The summed E-state index contributed by atoms with van der Waals surface area (Å²) >= 11 is 4.05. The van der Waals surface area contributed by atoms with Crippen LogP contribution in [0.4, 0.5) is 0 Å². The molecule has 1 unspecified atom stereocenters. The average molecular weight is 145 g/mol. The molecule has 0 amide bonds. The Morgan fingerprint density at radius 1 is 1.89 bits per heavy atom. The van der Waals surface area contributed by atoms with E-state index in [9.17, 15) is 0 Å². The van der Waals surface area contributed by atoms with Gasteiger partial charge in [0.2, 0.25) is 0 Å². The maximum atomic E-state index is 8.99. The third-order valence-electron chi connectivity index (χ3n) is 1.01. The molecule has 2 nitrogen and oxygen atoms in total. The smallest absolute Gasteiger partial charge is 0.142 e. The van der Waals surface area contributed by atoms with Crippen molar-refractivity contribution >= 4 is 12.6 Å². The van der Waals surface area contributed by atoms with E-state index in [0.717, 1.165) is 6.42 Å². The van der Waals surface area contributed by atoms with Crippen LogP contribution in [0.2, 0.25) is 0 Å². The fourth-order valence-electron chi connectivity index (χ4n) is 0.405. The van der Waals surface area contributed by atoms with E-state index in [1.54, 1.807) is 0 Å². The molecule has 0 radical (unpaired) electrons. The van der Waals surface area contributed by atoms with E-state index in [4.69, 9.17) is 11.5 Å². The summed E-state index contributed by atoms with van der Waals surface area (Å²) in [6.07, 6.45) is 4.97. The number of aliphatic hydroxyl groups is 1. The second-order valence-electron chi connectivity index (χ2n) is 1.71. The minimum atomic E-state index is -0.691. The second-order valence-corrected chi connectivity index (χ2v) is 2.37. The molecule has 0 saturated heterocycles. The molecule has 0 spiro atoms. The molecule has 2 atom stereocenters. The van der Waals surface area contributed by atoms with Crippen molar-refractivity contribution in [2.45, 2.75) is 24.8 Å². The van der Waals surface area contributed by atoms with E-state index >= 15 is 0 Å². The first-order valence-electron chi connectivity index (χ1n) is 2.79. The maximum absolute atomic E-state index is 8.99. The molecule has 0 aromatic heterocycles. The summed E-state index contributed by atoms with van der Waals surface area (Å²) in [5, 5.41) is 11.3. The van der Waals surface area contributed by atoms with Gasteiger partial charge >= 0.3 is 0 Å². The third kappa shape index (κ3) is 3.28. The van der Waals surface area contributed by atoms with Gasteiger partial charge in [-0.1, -0.05) is 13.3 Å². The van der Waals surface area contributed by atoms with Crippen molar-refractivity contribution in [3.63, 3.8) is 0 Å². The summed E-state index contributed by atoms with van der Waals surface area (Å²) in [6.45, 7) is 1.93. The van der Waals surface area contributed by atoms with Crippen molar-refractivity contribution < 1.29 is 5.11 Å². The molecule has 0 rings (SSSR count). The SMILES string of the molecule is C#CNC(O)[C@H](S)CC. The molecule has 52 valence electrons. The van der Waals surface area contributed by atoms with E-state index in [-0.39, 0.29) is 5.25 Å². The summed E-state index contributed by atoms with van der Waals surface area (Å²) in [5.74, 6) is 0. The Hall–Kier alpha value is -0.330. The van der Waals surface area contributed by atoms with Crippen LogP contribution in [-0.2, 0) is 0 Å². The predicted molar refractivity (Wildman–Crippen MR) is 41.0 cm³/mol. The summed E-state index contributed by atoms with van der Waals surface area (Å²) in [5.41, 5.74) is 0. The van der Waals surface area contributed by atoms with Gasteiger partial charge in [-0.15, -0.1) is 0 Å². The molecule has 0 saturated carbocycles. The first-order chi connectivity index (χ1) is 4.22. The topological polar surface area (TPSA) is 32.3 Å². The Bertz CT molecular complexity index is 110.